The smallest absolute Gasteiger partial charge is 0.353 e. The van der Waals surface area contributed by atoms with Gasteiger partial charge in [-0.2, -0.15) is 0 Å². The molecule has 2 N–H and O–H groups in total. The van der Waals surface area contributed by atoms with Crippen LogP contribution in [-0.2, 0) is 0 Å². The molecule has 0 atom stereocenters. The SMILES string of the molecule is CCC(CC)Nc1ncnc(NC)c1[N+](=O)[O-]. The van der Waals surface area contributed by atoms with Gasteiger partial charge in [0.25, 0.3) is 0 Å². The van der Waals surface area contributed by atoms with Crippen molar-refractivity contribution in [3.63, 3.8) is 0 Å². The number of rotatable bonds is 6. The Labute approximate surface area is 99.8 Å². The van der Waals surface area contributed by atoms with Crippen molar-refractivity contribution in [1.82, 2.24) is 9.97 Å². The molecule has 0 saturated heterocycles. The molecule has 94 valence electrons. The van der Waals surface area contributed by atoms with E-state index in [4.69, 9.17) is 0 Å². The maximum atomic E-state index is 11.0. The highest BCUT2D eigenvalue weighted by molar-refractivity contribution is 5.69. The van der Waals surface area contributed by atoms with E-state index in [1.165, 1.54) is 6.33 Å². The van der Waals surface area contributed by atoms with Crippen LogP contribution in [0.15, 0.2) is 6.33 Å². The summed E-state index contributed by atoms with van der Waals surface area (Å²) in [6, 6.07) is 0.174. The molecule has 0 aliphatic rings. The quantitative estimate of drug-likeness (QED) is 0.582. The predicted octanol–water partition coefficient (Wildman–Crippen LogP) is 2.03. The summed E-state index contributed by atoms with van der Waals surface area (Å²) < 4.78 is 0. The van der Waals surface area contributed by atoms with E-state index in [0.717, 1.165) is 12.8 Å². The lowest BCUT2D eigenvalue weighted by Crippen LogP contribution is -2.19. The summed E-state index contributed by atoms with van der Waals surface area (Å²) in [5.41, 5.74) is -0.109. The van der Waals surface area contributed by atoms with E-state index >= 15 is 0 Å². The highest BCUT2D eigenvalue weighted by Crippen LogP contribution is 2.29. The van der Waals surface area contributed by atoms with Crippen molar-refractivity contribution in [2.45, 2.75) is 32.7 Å². The van der Waals surface area contributed by atoms with Gasteiger partial charge in [-0.15, -0.1) is 0 Å². The summed E-state index contributed by atoms with van der Waals surface area (Å²) in [7, 11) is 1.59. The molecular formula is C10H17N5O2. The van der Waals surface area contributed by atoms with Crippen LogP contribution in [0.3, 0.4) is 0 Å². The minimum atomic E-state index is -0.476. The van der Waals surface area contributed by atoms with Gasteiger partial charge in [0.2, 0.25) is 11.6 Å². The summed E-state index contributed by atoms with van der Waals surface area (Å²) in [5, 5.41) is 16.8. The molecule has 0 fully saturated rings. The molecule has 0 unspecified atom stereocenters. The van der Waals surface area contributed by atoms with Crippen LogP contribution < -0.4 is 10.6 Å². The summed E-state index contributed by atoms with van der Waals surface area (Å²) in [5.74, 6) is 0.488. The van der Waals surface area contributed by atoms with Gasteiger partial charge in [-0.05, 0) is 12.8 Å². The van der Waals surface area contributed by atoms with Crippen LogP contribution in [0, 0.1) is 10.1 Å². The van der Waals surface area contributed by atoms with Crippen molar-refractivity contribution in [3.8, 4) is 0 Å². The van der Waals surface area contributed by atoms with Gasteiger partial charge in [0.05, 0.1) is 4.92 Å². The predicted molar refractivity (Wildman–Crippen MR) is 66.2 cm³/mol. The lowest BCUT2D eigenvalue weighted by Gasteiger charge is -2.15. The minimum absolute atomic E-state index is 0.109. The highest BCUT2D eigenvalue weighted by atomic mass is 16.6. The van der Waals surface area contributed by atoms with E-state index in [9.17, 15) is 10.1 Å². The molecule has 1 aromatic heterocycles. The standard InChI is InChI=1S/C10H17N5O2/c1-4-7(5-2)14-10-8(15(16)17)9(11-3)12-6-13-10/h6-7H,4-5H2,1-3H3,(H2,11,12,13,14). The molecule has 0 spiro atoms. The van der Waals surface area contributed by atoms with Gasteiger partial charge in [0, 0.05) is 13.1 Å². The Morgan fingerprint density at radius 2 is 1.94 bits per heavy atom. The average molecular weight is 239 g/mol. The maximum absolute atomic E-state index is 11.0. The van der Waals surface area contributed by atoms with Gasteiger partial charge in [0.15, 0.2) is 0 Å². The Bertz CT molecular complexity index is 392. The van der Waals surface area contributed by atoms with Crippen LogP contribution in [0.2, 0.25) is 0 Å². The fraction of sp³-hybridized carbons (Fsp3) is 0.600. The summed E-state index contributed by atoms with van der Waals surface area (Å²) in [6.07, 6.45) is 3.07. The van der Waals surface area contributed by atoms with E-state index in [1.807, 2.05) is 13.8 Å². The Kier molecular flexibility index (Phi) is 4.62. The second-order valence-corrected chi connectivity index (χ2v) is 3.58. The second-order valence-electron chi connectivity index (χ2n) is 3.58. The number of nitrogens with one attached hydrogen (secondary N) is 2. The molecule has 0 aliphatic heterocycles. The number of hydrogen-bond acceptors (Lipinski definition) is 6. The van der Waals surface area contributed by atoms with Gasteiger partial charge in [-0.3, -0.25) is 10.1 Å². The molecule has 0 aliphatic carbocycles. The van der Waals surface area contributed by atoms with Crippen molar-refractivity contribution in [3.05, 3.63) is 16.4 Å². The number of nitrogens with zero attached hydrogens (tertiary/aromatic N) is 3. The molecule has 0 aromatic carbocycles. The van der Waals surface area contributed by atoms with Crippen molar-refractivity contribution in [2.24, 2.45) is 0 Å². The summed E-state index contributed by atoms with van der Waals surface area (Å²) >= 11 is 0. The Morgan fingerprint density at radius 1 is 1.35 bits per heavy atom. The molecule has 1 aromatic rings. The number of anilines is 2. The van der Waals surface area contributed by atoms with Gasteiger partial charge >= 0.3 is 5.69 Å². The second kappa shape index (κ2) is 5.97. The van der Waals surface area contributed by atoms with Crippen molar-refractivity contribution in [2.75, 3.05) is 17.7 Å². The molecule has 1 rings (SSSR count). The normalized spacial score (nSPS) is 10.4. The van der Waals surface area contributed by atoms with Gasteiger partial charge < -0.3 is 10.6 Å². The van der Waals surface area contributed by atoms with E-state index in [1.54, 1.807) is 7.05 Å². The lowest BCUT2D eigenvalue weighted by atomic mass is 10.2. The molecular weight excluding hydrogens is 222 g/mol. The number of aromatic nitrogens is 2. The van der Waals surface area contributed by atoms with Crippen molar-refractivity contribution in [1.29, 1.82) is 0 Å². The Morgan fingerprint density at radius 3 is 2.41 bits per heavy atom. The topological polar surface area (TPSA) is 93.0 Å². The molecule has 0 amide bonds. The van der Waals surface area contributed by atoms with Crippen LogP contribution >= 0.6 is 0 Å². The fourth-order valence-electron chi connectivity index (χ4n) is 1.53. The third-order valence-corrected chi connectivity index (χ3v) is 2.57. The maximum Gasteiger partial charge on any atom is 0.353 e. The molecule has 17 heavy (non-hydrogen) atoms. The number of nitro groups is 1. The van der Waals surface area contributed by atoms with E-state index in [0.29, 0.717) is 0 Å². The average Bonchev–Trinajstić information content (AvgIpc) is 2.34. The highest BCUT2D eigenvalue weighted by Gasteiger charge is 2.23. The molecule has 0 radical (unpaired) electrons. The van der Waals surface area contributed by atoms with E-state index < -0.39 is 4.92 Å². The zero-order valence-electron chi connectivity index (χ0n) is 10.2. The first-order valence-corrected chi connectivity index (χ1v) is 5.57. The Hall–Kier alpha value is -1.92. The van der Waals surface area contributed by atoms with Crippen molar-refractivity contribution >= 4 is 17.3 Å². The molecule has 0 bridgehead atoms. The minimum Gasteiger partial charge on any atom is -0.367 e. The number of hydrogen-bond donors (Lipinski definition) is 2. The van der Waals surface area contributed by atoms with Crippen molar-refractivity contribution < 1.29 is 4.92 Å². The molecule has 1 heterocycles. The van der Waals surface area contributed by atoms with Crippen LogP contribution in [0.4, 0.5) is 17.3 Å². The zero-order valence-corrected chi connectivity index (χ0v) is 10.2. The Balaban J connectivity index is 3.09. The third kappa shape index (κ3) is 3.02. The van der Waals surface area contributed by atoms with Gasteiger partial charge in [-0.25, -0.2) is 9.97 Å². The molecule has 0 saturated carbocycles. The fourth-order valence-corrected chi connectivity index (χ4v) is 1.53. The van der Waals surface area contributed by atoms with Crippen LogP contribution in [-0.4, -0.2) is 28.0 Å². The molecule has 7 nitrogen and oxygen atoms in total. The largest absolute Gasteiger partial charge is 0.367 e. The van der Waals surface area contributed by atoms with Crippen LogP contribution in [0.5, 0.6) is 0 Å². The first-order valence-electron chi connectivity index (χ1n) is 5.57. The monoisotopic (exact) mass is 239 g/mol. The van der Waals surface area contributed by atoms with Gasteiger partial charge in [-0.1, -0.05) is 13.8 Å². The van der Waals surface area contributed by atoms with E-state index in [2.05, 4.69) is 20.6 Å². The van der Waals surface area contributed by atoms with E-state index in [-0.39, 0.29) is 23.4 Å². The lowest BCUT2D eigenvalue weighted by molar-refractivity contribution is -0.383. The zero-order chi connectivity index (χ0) is 12.8. The van der Waals surface area contributed by atoms with Crippen LogP contribution in [0.25, 0.3) is 0 Å². The summed E-state index contributed by atoms with van der Waals surface area (Å²) in [6.45, 7) is 4.04. The first kappa shape index (κ1) is 13.1. The van der Waals surface area contributed by atoms with Gasteiger partial charge in [0.1, 0.15) is 6.33 Å². The molecule has 7 heteroatoms. The first-order chi connectivity index (χ1) is 8.13. The summed E-state index contributed by atoms with van der Waals surface area (Å²) in [4.78, 5) is 18.3. The van der Waals surface area contributed by atoms with Crippen LogP contribution in [0.1, 0.15) is 26.7 Å². The third-order valence-electron chi connectivity index (χ3n) is 2.57.